The lowest BCUT2D eigenvalue weighted by molar-refractivity contribution is -0.122. The highest BCUT2D eigenvalue weighted by Gasteiger charge is 2.25. The van der Waals surface area contributed by atoms with Crippen molar-refractivity contribution in [1.29, 1.82) is 0 Å². The number of piperidine rings is 1. The summed E-state index contributed by atoms with van der Waals surface area (Å²) >= 11 is 0. The van der Waals surface area contributed by atoms with Gasteiger partial charge in [0.15, 0.2) is 0 Å². The molecule has 2 N–H and O–H groups in total. The molecule has 0 radical (unpaired) electrons. The molecule has 2 rings (SSSR count). The molecular formula is C17H25N3O4S. The van der Waals surface area contributed by atoms with Gasteiger partial charge < -0.3 is 10.6 Å². The average molecular weight is 367 g/mol. The molecule has 0 saturated carbocycles. The Morgan fingerprint density at radius 3 is 2.36 bits per heavy atom. The topological polar surface area (TPSA) is 95.6 Å². The molecule has 2 amide bonds. The van der Waals surface area contributed by atoms with Crippen LogP contribution in [0.2, 0.25) is 0 Å². The second-order valence-electron chi connectivity index (χ2n) is 6.41. The van der Waals surface area contributed by atoms with Gasteiger partial charge in [-0.3, -0.25) is 9.59 Å². The van der Waals surface area contributed by atoms with E-state index in [4.69, 9.17) is 0 Å². The van der Waals surface area contributed by atoms with Gasteiger partial charge in [0.25, 0.3) is 5.91 Å². The SMILES string of the molecule is CC(NC(=O)c1ccccc1)C(=O)NCC1CCN(S(C)(=O)=O)CC1. The van der Waals surface area contributed by atoms with E-state index in [1.54, 1.807) is 31.2 Å². The van der Waals surface area contributed by atoms with Crippen molar-refractivity contribution in [3.63, 3.8) is 0 Å². The molecular weight excluding hydrogens is 342 g/mol. The van der Waals surface area contributed by atoms with E-state index in [0.29, 0.717) is 25.2 Å². The van der Waals surface area contributed by atoms with E-state index < -0.39 is 16.1 Å². The standard InChI is InChI=1S/C17H25N3O4S/c1-13(19-17(22)15-6-4-3-5-7-15)16(21)18-12-14-8-10-20(11-9-14)25(2,23)24/h3-7,13-14H,8-12H2,1-2H3,(H,18,21)(H,19,22). The molecule has 25 heavy (non-hydrogen) atoms. The lowest BCUT2D eigenvalue weighted by atomic mass is 9.98. The first-order chi connectivity index (χ1) is 11.8. The average Bonchev–Trinajstić information content (AvgIpc) is 2.60. The molecule has 1 unspecified atom stereocenters. The first-order valence-corrected chi connectivity index (χ1v) is 10.2. The molecule has 0 spiro atoms. The molecule has 1 heterocycles. The Balaban J connectivity index is 1.74. The van der Waals surface area contributed by atoms with Crippen molar-refractivity contribution in [3.05, 3.63) is 35.9 Å². The lowest BCUT2D eigenvalue weighted by Gasteiger charge is -2.30. The highest BCUT2D eigenvalue weighted by Crippen LogP contribution is 2.18. The third-order valence-corrected chi connectivity index (χ3v) is 5.69. The third kappa shape index (κ3) is 5.82. The number of hydrogen-bond donors (Lipinski definition) is 2. The number of rotatable bonds is 6. The van der Waals surface area contributed by atoms with Crippen molar-refractivity contribution in [2.24, 2.45) is 5.92 Å². The summed E-state index contributed by atoms with van der Waals surface area (Å²) in [5, 5.41) is 5.51. The smallest absolute Gasteiger partial charge is 0.251 e. The number of amides is 2. The number of benzene rings is 1. The maximum atomic E-state index is 12.1. The van der Waals surface area contributed by atoms with Crippen LogP contribution in [0.4, 0.5) is 0 Å². The fraction of sp³-hybridized carbons (Fsp3) is 0.529. The van der Waals surface area contributed by atoms with Crippen LogP contribution in [0, 0.1) is 5.92 Å². The molecule has 1 fully saturated rings. The van der Waals surface area contributed by atoms with E-state index in [9.17, 15) is 18.0 Å². The van der Waals surface area contributed by atoms with Crippen LogP contribution < -0.4 is 10.6 Å². The summed E-state index contributed by atoms with van der Waals surface area (Å²) in [5.41, 5.74) is 0.510. The van der Waals surface area contributed by atoms with Gasteiger partial charge in [0.2, 0.25) is 15.9 Å². The van der Waals surface area contributed by atoms with Gasteiger partial charge in [-0.25, -0.2) is 12.7 Å². The minimum absolute atomic E-state index is 0.241. The van der Waals surface area contributed by atoms with Gasteiger partial charge in [0.1, 0.15) is 6.04 Å². The van der Waals surface area contributed by atoms with E-state index in [1.807, 2.05) is 6.07 Å². The van der Waals surface area contributed by atoms with Crippen LogP contribution in [0.3, 0.4) is 0 Å². The second-order valence-corrected chi connectivity index (χ2v) is 8.39. The number of nitrogens with zero attached hydrogens (tertiary/aromatic N) is 1. The van der Waals surface area contributed by atoms with Crippen LogP contribution in [0.25, 0.3) is 0 Å². The molecule has 0 aromatic heterocycles. The summed E-state index contributed by atoms with van der Waals surface area (Å²) in [6.07, 6.45) is 2.66. The second kappa shape index (κ2) is 8.44. The first-order valence-electron chi connectivity index (χ1n) is 8.36. The van der Waals surface area contributed by atoms with Crippen molar-refractivity contribution in [1.82, 2.24) is 14.9 Å². The zero-order valence-corrected chi connectivity index (χ0v) is 15.4. The van der Waals surface area contributed by atoms with Gasteiger partial charge in [-0.2, -0.15) is 0 Å². The van der Waals surface area contributed by atoms with Gasteiger partial charge in [-0.15, -0.1) is 0 Å². The van der Waals surface area contributed by atoms with Crippen LogP contribution >= 0.6 is 0 Å². The minimum atomic E-state index is -3.14. The van der Waals surface area contributed by atoms with Crippen LogP contribution in [0.5, 0.6) is 0 Å². The fourth-order valence-electron chi connectivity index (χ4n) is 2.78. The first kappa shape index (κ1) is 19.4. The van der Waals surface area contributed by atoms with Crippen LogP contribution in [-0.2, 0) is 14.8 Å². The monoisotopic (exact) mass is 367 g/mol. The molecule has 1 aromatic carbocycles. The van der Waals surface area contributed by atoms with Crippen LogP contribution in [-0.4, -0.2) is 56.5 Å². The summed E-state index contributed by atoms with van der Waals surface area (Å²) in [6, 6.07) is 8.10. The molecule has 0 bridgehead atoms. The Bertz CT molecular complexity index is 698. The lowest BCUT2D eigenvalue weighted by Crippen LogP contribution is -2.47. The van der Waals surface area contributed by atoms with Crippen molar-refractivity contribution >= 4 is 21.8 Å². The molecule has 1 aliphatic rings. The minimum Gasteiger partial charge on any atom is -0.354 e. The van der Waals surface area contributed by atoms with Gasteiger partial charge >= 0.3 is 0 Å². The van der Waals surface area contributed by atoms with Crippen molar-refractivity contribution < 1.29 is 18.0 Å². The molecule has 1 aliphatic heterocycles. The number of nitrogens with one attached hydrogen (secondary N) is 2. The number of sulfonamides is 1. The van der Waals surface area contributed by atoms with E-state index in [1.165, 1.54) is 10.6 Å². The molecule has 138 valence electrons. The molecule has 1 atom stereocenters. The molecule has 8 heteroatoms. The zero-order valence-electron chi connectivity index (χ0n) is 14.6. The molecule has 1 aromatic rings. The van der Waals surface area contributed by atoms with Crippen molar-refractivity contribution in [3.8, 4) is 0 Å². The van der Waals surface area contributed by atoms with Crippen molar-refractivity contribution in [2.45, 2.75) is 25.8 Å². The van der Waals surface area contributed by atoms with E-state index in [2.05, 4.69) is 10.6 Å². The predicted molar refractivity (Wildman–Crippen MR) is 95.5 cm³/mol. The molecule has 1 saturated heterocycles. The highest BCUT2D eigenvalue weighted by molar-refractivity contribution is 7.88. The Morgan fingerprint density at radius 2 is 1.80 bits per heavy atom. The Morgan fingerprint density at radius 1 is 1.20 bits per heavy atom. The highest BCUT2D eigenvalue weighted by atomic mass is 32.2. The Hall–Kier alpha value is -1.93. The largest absolute Gasteiger partial charge is 0.354 e. The van der Waals surface area contributed by atoms with Gasteiger partial charge in [-0.05, 0) is 37.8 Å². The van der Waals surface area contributed by atoms with Crippen LogP contribution in [0.1, 0.15) is 30.1 Å². The van der Waals surface area contributed by atoms with Crippen LogP contribution in [0.15, 0.2) is 30.3 Å². The summed E-state index contributed by atoms with van der Waals surface area (Å²) < 4.78 is 24.4. The summed E-state index contributed by atoms with van der Waals surface area (Å²) in [4.78, 5) is 24.2. The molecule has 7 nitrogen and oxygen atoms in total. The Kier molecular flexibility index (Phi) is 6.55. The number of carbonyl (C=O) groups excluding carboxylic acids is 2. The fourth-order valence-corrected chi connectivity index (χ4v) is 3.65. The number of hydrogen-bond acceptors (Lipinski definition) is 4. The summed E-state index contributed by atoms with van der Waals surface area (Å²) in [5.74, 6) is -0.279. The maximum absolute atomic E-state index is 12.1. The quantitative estimate of drug-likeness (QED) is 0.769. The maximum Gasteiger partial charge on any atom is 0.251 e. The summed E-state index contributed by atoms with van der Waals surface area (Å²) in [7, 11) is -3.14. The van der Waals surface area contributed by atoms with Gasteiger partial charge in [0.05, 0.1) is 6.26 Å². The number of carbonyl (C=O) groups is 2. The predicted octanol–water partition coefficient (Wildman–Crippen LogP) is 0.593. The normalized spacial score (nSPS) is 17.7. The van der Waals surface area contributed by atoms with E-state index in [-0.39, 0.29) is 17.7 Å². The summed E-state index contributed by atoms with van der Waals surface area (Å²) in [6.45, 7) is 3.10. The van der Waals surface area contributed by atoms with Gasteiger partial charge in [-0.1, -0.05) is 18.2 Å². The zero-order chi connectivity index (χ0) is 18.4. The van der Waals surface area contributed by atoms with Crippen molar-refractivity contribution in [2.75, 3.05) is 25.9 Å². The van der Waals surface area contributed by atoms with E-state index in [0.717, 1.165) is 12.8 Å². The van der Waals surface area contributed by atoms with E-state index >= 15 is 0 Å². The Labute approximate surface area is 148 Å². The molecule has 0 aliphatic carbocycles. The third-order valence-electron chi connectivity index (χ3n) is 4.38. The van der Waals surface area contributed by atoms with Gasteiger partial charge in [0, 0.05) is 25.2 Å².